The van der Waals surface area contributed by atoms with E-state index in [0.29, 0.717) is 6.04 Å². The number of hydrogen-bond acceptors (Lipinski definition) is 3. The average molecular weight is 225 g/mol. The van der Waals surface area contributed by atoms with Gasteiger partial charge in [0.2, 0.25) is 11.8 Å². The van der Waals surface area contributed by atoms with Gasteiger partial charge >= 0.3 is 0 Å². The minimum absolute atomic E-state index is 0.0310. The van der Waals surface area contributed by atoms with Crippen LogP contribution in [-0.2, 0) is 9.59 Å². The van der Waals surface area contributed by atoms with Crippen LogP contribution in [0.25, 0.3) is 0 Å². The molecule has 90 valence electrons. The van der Waals surface area contributed by atoms with Gasteiger partial charge in [0.25, 0.3) is 0 Å². The van der Waals surface area contributed by atoms with Crippen molar-refractivity contribution in [3.05, 3.63) is 0 Å². The van der Waals surface area contributed by atoms with Gasteiger partial charge in [0.15, 0.2) is 0 Å². The van der Waals surface area contributed by atoms with Gasteiger partial charge in [-0.15, -0.1) is 0 Å². The maximum absolute atomic E-state index is 11.9. The van der Waals surface area contributed by atoms with Crippen LogP contribution in [0, 0.1) is 0 Å². The predicted octanol–water partition coefficient (Wildman–Crippen LogP) is -0.525. The maximum atomic E-state index is 11.9. The molecule has 0 aromatic rings. The Kier molecular flexibility index (Phi) is 3.43. The van der Waals surface area contributed by atoms with Crippen molar-refractivity contribution in [2.45, 2.75) is 37.8 Å². The molecule has 1 atom stereocenters. The second-order valence-corrected chi connectivity index (χ2v) is 4.69. The lowest BCUT2D eigenvalue weighted by Crippen LogP contribution is -2.46. The number of amides is 2. The molecule has 16 heavy (non-hydrogen) atoms. The van der Waals surface area contributed by atoms with E-state index in [9.17, 15) is 9.59 Å². The van der Waals surface area contributed by atoms with E-state index in [0.717, 1.165) is 32.2 Å². The van der Waals surface area contributed by atoms with Crippen molar-refractivity contribution in [3.8, 4) is 0 Å². The summed E-state index contributed by atoms with van der Waals surface area (Å²) in [5.74, 6) is -0.0141. The number of nitrogens with zero attached hydrogens (tertiary/aromatic N) is 1. The molecule has 2 N–H and O–H groups in total. The van der Waals surface area contributed by atoms with E-state index in [-0.39, 0.29) is 24.4 Å². The lowest BCUT2D eigenvalue weighted by molar-refractivity contribution is -0.136. The van der Waals surface area contributed by atoms with Crippen molar-refractivity contribution in [1.82, 2.24) is 15.5 Å². The van der Waals surface area contributed by atoms with Crippen molar-refractivity contribution in [1.29, 1.82) is 0 Å². The molecule has 1 saturated carbocycles. The first kappa shape index (κ1) is 11.4. The zero-order valence-corrected chi connectivity index (χ0v) is 9.66. The summed E-state index contributed by atoms with van der Waals surface area (Å²) in [7, 11) is 1.69. The zero-order chi connectivity index (χ0) is 11.5. The number of nitrogens with one attached hydrogen (secondary N) is 2. The van der Waals surface area contributed by atoms with E-state index < -0.39 is 0 Å². The Morgan fingerprint density at radius 1 is 1.38 bits per heavy atom. The van der Waals surface area contributed by atoms with Crippen molar-refractivity contribution in [3.63, 3.8) is 0 Å². The van der Waals surface area contributed by atoms with Crippen LogP contribution in [-0.4, -0.2) is 48.9 Å². The van der Waals surface area contributed by atoms with Crippen LogP contribution < -0.4 is 10.6 Å². The molecule has 1 saturated heterocycles. The molecule has 5 heteroatoms. The predicted molar refractivity (Wildman–Crippen MR) is 59.8 cm³/mol. The van der Waals surface area contributed by atoms with E-state index >= 15 is 0 Å². The molecule has 0 aromatic heterocycles. The van der Waals surface area contributed by atoms with E-state index in [4.69, 9.17) is 0 Å². The third-order valence-corrected chi connectivity index (χ3v) is 3.06. The molecule has 0 spiro atoms. The molecular formula is C11H19N3O2. The molecule has 5 nitrogen and oxygen atoms in total. The van der Waals surface area contributed by atoms with E-state index in [1.54, 1.807) is 7.05 Å². The number of likely N-dealkylation sites (N-methyl/N-ethyl adjacent to an activating group) is 1. The Hall–Kier alpha value is -1.10. The highest BCUT2D eigenvalue weighted by Crippen LogP contribution is 2.18. The molecule has 1 aliphatic heterocycles. The smallest absolute Gasteiger partial charge is 0.239 e. The van der Waals surface area contributed by atoms with Crippen LogP contribution in [0.1, 0.15) is 25.7 Å². The summed E-state index contributed by atoms with van der Waals surface area (Å²) in [6.45, 7) is 1.08. The van der Waals surface area contributed by atoms with Crippen molar-refractivity contribution in [2.24, 2.45) is 0 Å². The highest BCUT2D eigenvalue weighted by Gasteiger charge is 2.27. The molecule has 0 aromatic carbocycles. The lowest BCUT2D eigenvalue weighted by atomic mass is 10.2. The molecule has 2 aliphatic rings. The Morgan fingerprint density at radius 2 is 2.12 bits per heavy atom. The molecule has 2 fully saturated rings. The Morgan fingerprint density at radius 3 is 2.69 bits per heavy atom. The number of carbonyl (C=O) groups excluding carboxylic acids is 2. The highest BCUT2D eigenvalue weighted by molar-refractivity contribution is 5.87. The van der Waals surface area contributed by atoms with Crippen molar-refractivity contribution in [2.75, 3.05) is 20.1 Å². The number of carbonyl (C=O) groups is 2. The molecule has 2 rings (SSSR count). The van der Waals surface area contributed by atoms with Crippen LogP contribution in [0.3, 0.4) is 0 Å². The number of hydrogen-bond donors (Lipinski definition) is 2. The van der Waals surface area contributed by atoms with Gasteiger partial charge in [0, 0.05) is 13.1 Å². The van der Waals surface area contributed by atoms with Crippen LogP contribution in [0.4, 0.5) is 0 Å². The molecule has 0 bridgehead atoms. The first-order chi connectivity index (χ1) is 7.66. The highest BCUT2D eigenvalue weighted by atomic mass is 16.2. The lowest BCUT2D eigenvalue weighted by Gasteiger charge is -2.20. The molecule has 0 radical (unpaired) electrons. The zero-order valence-electron chi connectivity index (χ0n) is 9.66. The SMILES string of the molecule is CN(CC(=O)NC1CC1)C(=O)[C@H]1CCCN1. The van der Waals surface area contributed by atoms with Crippen LogP contribution in [0.2, 0.25) is 0 Å². The first-order valence-corrected chi connectivity index (χ1v) is 5.94. The summed E-state index contributed by atoms with van der Waals surface area (Å²) in [5.41, 5.74) is 0. The fourth-order valence-corrected chi connectivity index (χ4v) is 1.96. The van der Waals surface area contributed by atoms with Gasteiger partial charge in [-0.3, -0.25) is 9.59 Å². The van der Waals surface area contributed by atoms with Crippen molar-refractivity contribution < 1.29 is 9.59 Å². The fraction of sp³-hybridized carbons (Fsp3) is 0.818. The first-order valence-electron chi connectivity index (χ1n) is 5.94. The molecule has 1 aliphatic carbocycles. The van der Waals surface area contributed by atoms with Gasteiger partial charge in [-0.2, -0.15) is 0 Å². The van der Waals surface area contributed by atoms with Gasteiger partial charge in [0.1, 0.15) is 0 Å². The van der Waals surface area contributed by atoms with Crippen LogP contribution >= 0.6 is 0 Å². The summed E-state index contributed by atoms with van der Waals surface area (Å²) >= 11 is 0. The van der Waals surface area contributed by atoms with Gasteiger partial charge < -0.3 is 15.5 Å². The van der Waals surface area contributed by atoms with E-state index in [2.05, 4.69) is 10.6 Å². The quantitative estimate of drug-likeness (QED) is 0.676. The third kappa shape index (κ3) is 2.95. The second-order valence-electron chi connectivity index (χ2n) is 4.69. The summed E-state index contributed by atoms with van der Waals surface area (Å²) in [5, 5.41) is 6.02. The Labute approximate surface area is 95.6 Å². The van der Waals surface area contributed by atoms with Gasteiger partial charge in [-0.05, 0) is 32.2 Å². The molecule has 0 unspecified atom stereocenters. The summed E-state index contributed by atoms with van der Waals surface area (Å²) in [4.78, 5) is 24.9. The molecule has 1 heterocycles. The van der Waals surface area contributed by atoms with Gasteiger partial charge in [-0.25, -0.2) is 0 Å². The number of rotatable bonds is 4. The minimum Gasteiger partial charge on any atom is -0.352 e. The largest absolute Gasteiger partial charge is 0.352 e. The maximum Gasteiger partial charge on any atom is 0.239 e. The summed E-state index contributed by atoms with van der Waals surface area (Å²) < 4.78 is 0. The van der Waals surface area contributed by atoms with Crippen molar-refractivity contribution >= 4 is 11.8 Å². The fourth-order valence-electron chi connectivity index (χ4n) is 1.96. The normalized spacial score (nSPS) is 24.2. The summed E-state index contributed by atoms with van der Waals surface area (Å²) in [6.07, 6.45) is 4.08. The monoisotopic (exact) mass is 225 g/mol. The topological polar surface area (TPSA) is 61.4 Å². The van der Waals surface area contributed by atoms with Crippen LogP contribution in [0.15, 0.2) is 0 Å². The minimum atomic E-state index is -0.0845. The average Bonchev–Trinajstić information content (AvgIpc) is 2.89. The van der Waals surface area contributed by atoms with E-state index in [1.165, 1.54) is 4.90 Å². The molecular weight excluding hydrogens is 206 g/mol. The molecule has 2 amide bonds. The standard InChI is InChI=1S/C11H19N3O2/c1-14(7-10(15)13-8-4-5-8)11(16)9-3-2-6-12-9/h8-9,12H,2-7H2,1H3,(H,13,15)/t9-/m1/s1. The van der Waals surface area contributed by atoms with Gasteiger partial charge in [0.05, 0.1) is 12.6 Å². The third-order valence-electron chi connectivity index (χ3n) is 3.06. The summed E-state index contributed by atoms with van der Waals surface area (Å²) in [6, 6.07) is 0.277. The van der Waals surface area contributed by atoms with Gasteiger partial charge in [-0.1, -0.05) is 0 Å². The Bertz CT molecular complexity index is 283. The van der Waals surface area contributed by atoms with E-state index in [1.807, 2.05) is 0 Å². The second kappa shape index (κ2) is 4.82. The Balaban J connectivity index is 1.74. The van der Waals surface area contributed by atoms with Crippen LogP contribution in [0.5, 0.6) is 0 Å².